The van der Waals surface area contributed by atoms with Crippen molar-refractivity contribution in [3.05, 3.63) is 17.8 Å². The number of nitrogens with one attached hydrogen (secondary N) is 2. The Kier molecular flexibility index (Phi) is 5.95. The van der Waals surface area contributed by atoms with Gasteiger partial charge in [-0.25, -0.2) is 9.78 Å². The fourth-order valence-corrected chi connectivity index (χ4v) is 1.58. The van der Waals surface area contributed by atoms with E-state index in [1.165, 1.54) is 19.4 Å². The first kappa shape index (κ1) is 16.7. The number of anilines is 2. The molecule has 0 aliphatic heterocycles. The number of aromatic nitrogens is 1. The lowest BCUT2D eigenvalue weighted by molar-refractivity contribution is -0.121. The van der Waals surface area contributed by atoms with Gasteiger partial charge >= 0.3 is 5.97 Å². The number of nitrogens with two attached hydrogens (primary N) is 1. The Hall–Kier alpha value is -2.31. The number of nitrogens with zero attached hydrogens (tertiary/aromatic N) is 1. The molecule has 1 amide bonds. The van der Waals surface area contributed by atoms with Crippen LogP contribution in [0.1, 0.15) is 31.1 Å². The van der Waals surface area contributed by atoms with Crippen molar-refractivity contribution < 1.29 is 14.3 Å². The van der Waals surface area contributed by atoms with Crippen molar-refractivity contribution in [2.75, 3.05) is 24.7 Å². The number of hydrogen-bond donors (Lipinski definition) is 3. The van der Waals surface area contributed by atoms with E-state index < -0.39 is 12.0 Å². The van der Waals surface area contributed by atoms with Gasteiger partial charge in [0.25, 0.3) is 0 Å². The van der Waals surface area contributed by atoms with Gasteiger partial charge in [0.2, 0.25) is 5.91 Å². The summed E-state index contributed by atoms with van der Waals surface area (Å²) in [7, 11) is 1.28. The molecule has 0 bridgehead atoms. The van der Waals surface area contributed by atoms with Gasteiger partial charge in [0.1, 0.15) is 11.9 Å². The molecule has 0 radical (unpaired) electrons. The van der Waals surface area contributed by atoms with Gasteiger partial charge in [0.05, 0.1) is 24.6 Å². The maximum absolute atomic E-state index is 11.9. The molecule has 0 spiro atoms. The Morgan fingerprint density at radius 2 is 2.05 bits per heavy atom. The lowest BCUT2D eigenvalue weighted by Gasteiger charge is -2.16. The first-order valence-corrected chi connectivity index (χ1v) is 6.73. The molecule has 4 N–H and O–H groups in total. The minimum atomic E-state index is -0.546. The normalized spacial score (nSPS) is 11.9. The number of pyridine rings is 1. The Bertz CT molecular complexity index is 517. The molecule has 1 rings (SSSR count). The Balaban J connectivity index is 2.74. The van der Waals surface area contributed by atoms with E-state index in [-0.39, 0.29) is 17.2 Å². The lowest BCUT2D eigenvalue weighted by Crippen LogP contribution is -2.39. The standard InChI is InChI=1S/C14H22N4O3/c1-8(2)6-17-13(19)9(3)18-12-5-10(14(20)21-4)11(15)7-16-12/h5,7-9H,6,15H2,1-4H3,(H,16,18)(H,17,19). The smallest absolute Gasteiger partial charge is 0.340 e. The lowest BCUT2D eigenvalue weighted by atomic mass is 10.2. The number of ether oxygens (including phenoxy) is 1. The molecule has 0 saturated carbocycles. The van der Waals surface area contributed by atoms with Crippen molar-refractivity contribution in [3.63, 3.8) is 0 Å². The molecule has 1 heterocycles. The zero-order valence-electron chi connectivity index (χ0n) is 12.8. The summed E-state index contributed by atoms with van der Waals surface area (Å²) in [6, 6.07) is 0.985. The number of nitrogen functional groups attached to an aromatic ring is 1. The first-order chi connectivity index (χ1) is 9.85. The van der Waals surface area contributed by atoms with Gasteiger partial charge in [-0.2, -0.15) is 0 Å². The van der Waals surface area contributed by atoms with Crippen molar-refractivity contribution in [2.24, 2.45) is 5.92 Å². The van der Waals surface area contributed by atoms with Crippen molar-refractivity contribution in [1.82, 2.24) is 10.3 Å². The van der Waals surface area contributed by atoms with Crippen LogP contribution >= 0.6 is 0 Å². The maximum Gasteiger partial charge on any atom is 0.340 e. The zero-order valence-corrected chi connectivity index (χ0v) is 12.8. The highest BCUT2D eigenvalue weighted by molar-refractivity contribution is 5.95. The van der Waals surface area contributed by atoms with E-state index in [9.17, 15) is 9.59 Å². The minimum absolute atomic E-state index is 0.137. The molecule has 0 aliphatic carbocycles. The topological polar surface area (TPSA) is 106 Å². The van der Waals surface area contributed by atoms with Gasteiger partial charge in [0, 0.05) is 6.54 Å². The van der Waals surface area contributed by atoms with E-state index in [2.05, 4.69) is 20.4 Å². The summed E-state index contributed by atoms with van der Waals surface area (Å²) in [5.74, 6) is 0.0790. The fourth-order valence-electron chi connectivity index (χ4n) is 1.58. The summed E-state index contributed by atoms with van der Waals surface area (Å²) in [6.45, 7) is 6.35. The monoisotopic (exact) mass is 294 g/mol. The summed E-state index contributed by atoms with van der Waals surface area (Å²) in [4.78, 5) is 27.5. The van der Waals surface area contributed by atoms with Crippen LogP contribution in [0.25, 0.3) is 0 Å². The number of methoxy groups -OCH3 is 1. The van der Waals surface area contributed by atoms with Crippen LogP contribution in [0.15, 0.2) is 12.3 Å². The first-order valence-electron chi connectivity index (χ1n) is 6.73. The van der Waals surface area contributed by atoms with Crippen molar-refractivity contribution in [3.8, 4) is 0 Å². The van der Waals surface area contributed by atoms with Gasteiger partial charge in [-0.15, -0.1) is 0 Å². The van der Waals surface area contributed by atoms with Crippen LogP contribution < -0.4 is 16.4 Å². The average Bonchev–Trinajstić information content (AvgIpc) is 2.45. The summed E-state index contributed by atoms with van der Waals surface area (Å²) < 4.78 is 4.64. The second-order valence-electron chi connectivity index (χ2n) is 5.15. The minimum Gasteiger partial charge on any atom is -0.465 e. The predicted molar refractivity (Wildman–Crippen MR) is 80.9 cm³/mol. The summed E-state index contributed by atoms with van der Waals surface area (Å²) >= 11 is 0. The van der Waals surface area contributed by atoms with E-state index in [1.54, 1.807) is 6.92 Å². The van der Waals surface area contributed by atoms with Gasteiger partial charge in [0.15, 0.2) is 0 Å². The molecule has 1 atom stereocenters. The van der Waals surface area contributed by atoms with Gasteiger partial charge in [-0.05, 0) is 18.9 Å². The van der Waals surface area contributed by atoms with Crippen molar-refractivity contribution >= 4 is 23.4 Å². The van der Waals surface area contributed by atoms with Crippen LogP contribution in [-0.4, -0.2) is 36.6 Å². The number of carbonyl (C=O) groups is 2. The molecular formula is C14H22N4O3. The summed E-state index contributed by atoms with van der Waals surface area (Å²) in [5.41, 5.74) is 6.11. The second kappa shape index (κ2) is 7.47. The number of hydrogen-bond acceptors (Lipinski definition) is 6. The molecule has 1 unspecified atom stereocenters. The Morgan fingerprint density at radius 3 is 2.62 bits per heavy atom. The fraction of sp³-hybridized carbons (Fsp3) is 0.500. The van der Waals surface area contributed by atoms with E-state index in [1.807, 2.05) is 13.8 Å². The second-order valence-corrected chi connectivity index (χ2v) is 5.15. The molecule has 1 aromatic heterocycles. The third-order valence-electron chi connectivity index (χ3n) is 2.78. The molecule has 0 aromatic carbocycles. The number of carbonyl (C=O) groups excluding carboxylic acids is 2. The van der Waals surface area contributed by atoms with Crippen LogP contribution in [0.2, 0.25) is 0 Å². The molecule has 0 fully saturated rings. The molecule has 7 nitrogen and oxygen atoms in total. The van der Waals surface area contributed by atoms with E-state index in [4.69, 9.17) is 5.73 Å². The quantitative estimate of drug-likeness (QED) is 0.676. The molecule has 0 aliphatic rings. The highest BCUT2D eigenvalue weighted by Crippen LogP contribution is 2.16. The predicted octanol–water partition coefficient (Wildman–Crippen LogP) is 1.02. The average molecular weight is 294 g/mol. The van der Waals surface area contributed by atoms with Crippen molar-refractivity contribution in [2.45, 2.75) is 26.8 Å². The molecule has 7 heteroatoms. The van der Waals surface area contributed by atoms with E-state index in [0.29, 0.717) is 18.3 Å². The number of amides is 1. The van der Waals surface area contributed by atoms with Crippen LogP contribution in [0.3, 0.4) is 0 Å². The Labute approximate surface area is 124 Å². The Morgan fingerprint density at radius 1 is 1.38 bits per heavy atom. The SMILES string of the molecule is COC(=O)c1cc(NC(C)C(=O)NCC(C)C)ncc1N. The van der Waals surface area contributed by atoms with Crippen LogP contribution in [-0.2, 0) is 9.53 Å². The number of rotatable bonds is 6. The number of esters is 1. The highest BCUT2D eigenvalue weighted by Gasteiger charge is 2.16. The molecule has 0 saturated heterocycles. The van der Waals surface area contributed by atoms with Crippen LogP contribution in [0.4, 0.5) is 11.5 Å². The third kappa shape index (κ3) is 4.94. The third-order valence-corrected chi connectivity index (χ3v) is 2.78. The molecular weight excluding hydrogens is 272 g/mol. The summed E-state index contributed by atoms with van der Waals surface area (Å²) in [6.07, 6.45) is 1.35. The summed E-state index contributed by atoms with van der Waals surface area (Å²) in [5, 5.41) is 5.74. The molecule has 1 aromatic rings. The van der Waals surface area contributed by atoms with E-state index >= 15 is 0 Å². The highest BCUT2D eigenvalue weighted by atomic mass is 16.5. The molecule has 116 valence electrons. The molecule has 21 heavy (non-hydrogen) atoms. The van der Waals surface area contributed by atoms with Crippen molar-refractivity contribution in [1.29, 1.82) is 0 Å². The van der Waals surface area contributed by atoms with Crippen LogP contribution in [0, 0.1) is 5.92 Å². The maximum atomic E-state index is 11.9. The van der Waals surface area contributed by atoms with Gasteiger partial charge in [-0.3, -0.25) is 4.79 Å². The van der Waals surface area contributed by atoms with Gasteiger partial charge in [-0.1, -0.05) is 13.8 Å². The van der Waals surface area contributed by atoms with Crippen LogP contribution in [0.5, 0.6) is 0 Å². The largest absolute Gasteiger partial charge is 0.465 e. The van der Waals surface area contributed by atoms with Gasteiger partial charge < -0.3 is 21.1 Å². The zero-order chi connectivity index (χ0) is 16.0. The van der Waals surface area contributed by atoms with E-state index in [0.717, 1.165) is 0 Å².